The van der Waals surface area contributed by atoms with Crippen molar-refractivity contribution in [2.24, 2.45) is 5.92 Å². The number of nitrogens with one attached hydrogen (secondary N) is 1. The number of aryl methyl sites for hydroxylation is 2. The Morgan fingerprint density at radius 3 is 2.85 bits per heavy atom. The van der Waals surface area contributed by atoms with Crippen LogP contribution in [0.25, 0.3) is 0 Å². The molecule has 0 saturated carbocycles. The summed E-state index contributed by atoms with van der Waals surface area (Å²) in [5.41, 5.74) is 4.23. The van der Waals surface area contributed by atoms with Gasteiger partial charge in [0.15, 0.2) is 6.61 Å². The van der Waals surface area contributed by atoms with E-state index in [1.54, 1.807) is 18.2 Å². The average Bonchev–Trinajstić information content (AvgIpc) is 3.13. The second-order valence-electron chi connectivity index (χ2n) is 6.96. The minimum atomic E-state index is -0.441. The van der Waals surface area contributed by atoms with E-state index < -0.39 is 11.9 Å². The van der Waals surface area contributed by atoms with Gasteiger partial charge in [-0.25, -0.2) is 0 Å². The van der Waals surface area contributed by atoms with Gasteiger partial charge in [0, 0.05) is 10.7 Å². The van der Waals surface area contributed by atoms with Gasteiger partial charge in [-0.3, -0.25) is 9.59 Å². The summed E-state index contributed by atoms with van der Waals surface area (Å²) in [5.74, 6) is -0.493. The predicted octanol–water partition coefficient (Wildman–Crippen LogP) is 3.56. The molecule has 2 aromatic rings. The van der Waals surface area contributed by atoms with Gasteiger partial charge in [-0.1, -0.05) is 17.7 Å². The van der Waals surface area contributed by atoms with Gasteiger partial charge in [0.1, 0.15) is 12.4 Å². The molecular weight excluding hydrogens is 366 g/mol. The van der Waals surface area contributed by atoms with E-state index in [4.69, 9.17) is 21.1 Å². The second kappa shape index (κ2) is 7.61. The van der Waals surface area contributed by atoms with Crippen LogP contribution in [0.4, 0.5) is 5.69 Å². The SMILES string of the molecule is O=C(COC(=O)[C@@H]1COc2ccc(Cl)cc2C1)Nc1ccc2c(c1)CCC2. The van der Waals surface area contributed by atoms with Crippen molar-refractivity contribution in [1.82, 2.24) is 0 Å². The fourth-order valence-electron chi connectivity index (χ4n) is 3.62. The molecule has 1 amide bonds. The maximum absolute atomic E-state index is 12.3. The molecule has 0 radical (unpaired) electrons. The molecular formula is C21H20ClNO4. The maximum Gasteiger partial charge on any atom is 0.313 e. The number of benzene rings is 2. The first-order valence-electron chi connectivity index (χ1n) is 9.08. The Bertz CT molecular complexity index is 896. The normalized spacial score (nSPS) is 17.4. The first kappa shape index (κ1) is 17.9. The highest BCUT2D eigenvalue weighted by molar-refractivity contribution is 6.30. The van der Waals surface area contributed by atoms with Gasteiger partial charge in [0.2, 0.25) is 0 Å². The van der Waals surface area contributed by atoms with Crippen molar-refractivity contribution < 1.29 is 19.1 Å². The Morgan fingerprint density at radius 2 is 1.96 bits per heavy atom. The molecule has 2 aromatic carbocycles. The van der Waals surface area contributed by atoms with E-state index in [-0.39, 0.29) is 19.1 Å². The minimum Gasteiger partial charge on any atom is -0.492 e. The number of anilines is 1. The number of halogens is 1. The molecule has 1 atom stereocenters. The predicted molar refractivity (Wildman–Crippen MR) is 102 cm³/mol. The highest BCUT2D eigenvalue weighted by Crippen LogP contribution is 2.30. The zero-order valence-corrected chi connectivity index (χ0v) is 15.6. The third kappa shape index (κ3) is 4.08. The summed E-state index contributed by atoms with van der Waals surface area (Å²) in [7, 11) is 0. The molecule has 140 valence electrons. The molecule has 5 nitrogen and oxygen atoms in total. The van der Waals surface area contributed by atoms with E-state index in [0.29, 0.717) is 11.4 Å². The maximum atomic E-state index is 12.3. The van der Waals surface area contributed by atoms with Crippen molar-refractivity contribution in [3.63, 3.8) is 0 Å². The van der Waals surface area contributed by atoms with Gasteiger partial charge in [-0.05, 0) is 72.7 Å². The van der Waals surface area contributed by atoms with Gasteiger partial charge in [0.05, 0.1) is 5.92 Å². The van der Waals surface area contributed by atoms with Crippen LogP contribution in [0, 0.1) is 5.92 Å². The van der Waals surface area contributed by atoms with E-state index >= 15 is 0 Å². The van der Waals surface area contributed by atoms with Crippen molar-refractivity contribution >= 4 is 29.2 Å². The first-order valence-corrected chi connectivity index (χ1v) is 9.46. The lowest BCUT2D eigenvalue weighted by molar-refractivity contribution is -0.152. The molecule has 2 aliphatic rings. The topological polar surface area (TPSA) is 64.6 Å². The van der Waals surface area contributed by atoms with Crippen LogP contribution < -0.4 is 10.1 Å². The third-order valence-corrected chi connectivity index (χ3v) is 5.23. The molecule has 27 heavy (non-hydrogen) atoms. The van der Waals surface area contributed by atoms with Crippen LogP contribution in [-0.4, -0.2) is 25.1 Å². The van der Waals surface area contributed by atoms with Crippen molar-refractivity contribution in [2.45, 2.75) is 25.7 Å². The van der Waals surface area contributed by atoms with Crippen LogP contribution in [0.15, 0.2) is 36.4 Å². The lowest BCUT2D eigenvalue weighted by atomic mass is 9.97. The molecule has 1 heterocycles. The highest BCUT2D eigenvalue weighted by atomic mass is 35.5. The van der Waals surface area contributed by atoms with Crippen LogP contribution in [0.5, 0.6) is 5.75 Å². The number of ether oxygens (including phenoxy) is 2. The van der Waals surface area contributed by atoms with Gasteiger partial charge < -0.3 is 14.8 Å². The van der Waals surface area contributed by atoms with Gasteiger partial charge in [-0.2, -0.15) is 0 Å². The lowest BCUT2D eigenvalue weighted by Gasteiger charge is -2.24. The number of carbonyl (C=O) groups is 2. The highest BCUT2D eigenvalue weighted by Gasteiger charge is 2.28. The Kier molecular flexibility index (Phi) is 5.03. The Morgan fingerprint density at radius 1 is 1.11 bits per heavy atom. The molecule has 1 N–H and O–H groups in total. The molecule has 4 rings (SSSR count). The molecule has 0 saturated heterocycles. The second-order valence-corrected chi connectivity index (χ2v) is 7.39. The number of rotatable bonds is 4. The first-order chi connectivity index (χ1) is 13.1. The number of carbonyl (C=O) groups excluding carboxylic acids is 2. The summed E-state index contributed by atoms with van der Waals surface area (Å²) >= 11 is 5.99. The summed E-state index contributed by atoms with van der Waals surface area (Å²) in [5, 5.41) is 3.39. The smallest absolute Gasteiger partial charge is 0.313 e. The fourth-order valence-corrected chi connectivity index (χ4v) is 3.81. The van der Waals surface area contributed by atoms with Crippen molar-refractivity contribution in [1.29, 1.82) is 0 Å². The molecule has 0 spiro atoms. The number of fused-ring (bicyclic) bond motifs is 2. The van der Waals surface area contributed by atoms with Crippen molar-refractivity contribution in [2.75, 3.05) is 18.5 Å². The van der Waals surface area contributed by atoms with Crippen molar-refractivity contribution in [3.8, 4) is 5.75 Å². The quantitative estimate of drug-likeness (QED) is 0.817. The molecule has 0 fully saturated rings. The van der Waals surface area contributed by atoms with E-state index in [9.17, 15) is 9.59 Å². The largest absolute Gasteiger partial charge is 0.492 e. The Balaban J connectivity index is 1.29. The van der Waals surface area contributed by atoms with Crippen LogP contribution in [0.1, 0.15) is 23.1 Å². The van der Waals surface area contributed by atoms with Gasteiger partial charge in [-0.15, -0.1) is 0 Å². The number of amides is 1. The molecule has 0 bridgehead atoms. The van der Waals surface area contributed by atoms with Crippen LogP contribution in [-0.2, 0) is 33.6 Å². The van der Waals surface area contributed by atoms with Crippen molar-refractivity contribution in [3.05, 3.63) is 58.1 Å². The number of hydrogen-bond donors (Lipinski definition) is 1. The fraction of sp³-hybridized carbons (Fsp3) is 0.333. The van der Waals surface area contributed by atoms with Gasteiger partial charge >= 0.3 is 5.97 Å². The molecule has 6 heteroatoms. The summed E-state index contributed by atoms with van der Waals surface area (Å²) < 4.78 is 10.8. The molecule has 0 aromatic heterocycles. The zero-order valence-electron chi connectivity index (χ0n) is 14.8. The lowest BCUT2D eigenvalue weighted by Crippen LogP contribution is -2.32. The third-order valence-electron chi connectivity index (χ3n) is 4.99. The van der Waals surface area contributed by atoms with Crippen LogP contribution >= 0.6 is 11.6 Å². The summed E-state index contributed by atoms with van der Waals surface area (Å²) in [4.78, 5) is 24.4. The molecule has 0 unspecified atom stereocenters. The van der Waals surface area contributed by atoms with Crippen LogP contribution in [0.3, 0.4) is 0 Å². The standard InChI is InChI=1S/C21H20ClNO4/c22-17-5-7-19-15(9-17)8-16(11-26-19)21(25)27-12-20(24)23-18-6-4-13-2-1-3-14(13)10-18/h4-7,9-10,16H,1-3,8,11-12H2,(H,23,24)/t16-/m0/s1. The number of esters is 1. The summed E-state index contributed by atoms with van der Waals surface area (Å²) in [6.45, 7) is -0.0747. The van der Waals surface area contributed by atoms with E-state index in [2.05, 4.69) is 5.32 Å². The number of hydrogen-bond acceptors (Lipinski definition) is 4. The average molecular weight is 386 g/mol. The zero-order chi connectivity index (χ0) is 18.8. The van der Waals surface area contributed by atoms with E-state index in [0.717, 1.165) is 36.3 Å². The summed E-state index contributed by atoms with van der Waals surface area (Å²) in [6.07, 6.45) is 3.78. The Hall–Kier alpha value is -2.53. The molecule has 1 aliphatic carbocycles. The van der Waals surface area contributed by atoms with Crippen LogP contribution in [0.2, 0.25) is 5.02 Å². The molecule has 1 aliphatic heterocycles. The van der Waals surface area contributed by atoms with E-state index in [1.807, 2.05) is 18.2 Å². The monoisotopic (exact) mass is 385 g/mol. The van der Waals surface area contributed by atoms with Gasteiger partial charge in [0.25, 0.3) is 5.91 Å². The van der Waals surface area contributed by atoms with E-state index in [1.165, 1.54) is 11.1 Å². The minimum absolute atomic E-state index is 0.236. The summed E-state index contributed by atoms with van der Waals surface area (Å²) in [6, 6.07) is 11.3. The Labute approximate surface area is 162 Å².